The fourth-order valence-electron chi connectivity index (χ4n) is 1.55. The molecule has 2 N–H and O–H groups in total. The zero-order chi connectivity index (χ0) is 14.5. The molecular weight excluding hydrogens is 267 g/mol. The van der Waals surface area contributed by atoms with Crippen molar-refractivity contribution in [2.24, 2.45) is 0 Å². The molecule has 0 aliphatic heterocycles. The van der Waals surface area contributed by atoms with E-state index in [1.807, 2.05) is 6.92 Å². The molecule has 4 nitrogen and oxygen atoms in total. The first kappa shape index (κ1) is 15.9. The first-order chi connectivity index (χ1) is 8.86. The van der Waals surface area contributed by atoms with Gasteiger partial charge in [-0.05, 0) is 44.5 Å². The van der Waals surface area contributed by atoms with Crippen molar-refractivity contribution in [3.63, 3.8) is 0 Å². The highest BCUT2D eigenvalue weighted by Crippen LogP contribution is 2.18. The maximum Gasteiger partial charge on any atom is 0.236 e. The lowest BCUT2D eigenvalue weighted by molar-refractivity contribution is 0.575. The molecule has 0 radical (unpaired) electrons. The van der Waals surface area contributed by atoms with Gasteiger partial charge in [0.15, 0.2) is 0 Å². The van der Waals surface area contributed by atoms with Crippen LogP contribution < -0.4 is 10.0 Å². The van der Waals surface area contributed by atoms with E-state index in [1.54, 1.807) is 19.9 Å². The third-order valence-electron chi connectivity index (χ3n) is 2.84. The maximum atomic E-state index is 13.1. The molecule has 0 aliphatic carbocycles. The number of aryl methyl sites for hydroxylation is 1. The fraction of sp³-hybridized carbons (Fsp3) is 0.538. The van der Waals surface area contributed by atoms with Crippen LogP contribution in [0.5, 0.6) is 0 Å². The van der Waals surface area contributed by atoms with Crippen LogP contribution in [0.4, 0.5) is 10.1 Å². The third kappa shape index (κ3) is 4.80. The van der Waals surface area contributed by atoms with Gasteiger partial charge in [0.25, 0.3) is 0 Å². The normalized spacial score (nSPS) is 13.3. The molecule has 0 bridgehead atoms. The van der Waals surface area contributed by atoms with Gasteiger partial charge in [-0.2, -0.15) is 0 Å². The second kappa shape index (κ2) is 6.86. The topological polar surface area (TPSA) is 58.2 Å². The van der Waals surface area contributed by atoms with Crippen molar-refractivity contribution in [1.29, 1.82) is 0 Å². The van der Waals surface area contributed by atoms with Crippen LogP contribution in [0.2, 0.25) is 0 Å². The quantitative estimate of drug-likeness (QED) is 0.757. The zero-order valence-corrected chi connectivity index (χ0v) is 12.3. The van der Waals surface area contributed by atoms with Gasteiger partial charge < -0.3 is 5.32 Å². The Hall–Kier alpha value is -1.14. The highest BCUT2D eigenvalue weighted by Gasteiger charge is 2.21. The van der Waals surface area contributed by atoms with Crippen LogP contribution in [-0.4, -0.2) is 26.8 Å². The van der Waals surface area contributed by atoms with Gasteiger partial charge in [-0.15, -0.1) is 0 Å². The lowest BCUT2D eigenvalue weighted by Gasteiger charge is -2.16. The summed E-state index contributed by atoms with van der Waals surface area (Å²) in [6, 6.07) is 4.05. The predicted molar refractivity (Wildman–Crippen MR) is 76.3 cm³/mol. The van der Waals surface area contributed by atoms with Gasteiger partial charge in [0, 0.05) is 6.54 Å². The Morgan fingerprint density at radius 1 is 1.37 bits per heavy atom. The van der Waals surface area contributed by atoms with Crippen molar-refractivity contribution in [1.82, 2.24) is 5.32 Å². The number of benzene rings is 1. The number of nitrogens with one attached hydrogen (secondary N) is 2. The smallest absolute Gasteiger partial charge is 0.236 e. The first-order valence-electron chi connectivity index (χ1n) is 6.35. The van der Waals surface area contributed by atoms with E-state index in [1.165, 1.54) is 12.1 Å². The van der Waals surface area contributed by atoms with Gasteiger partial charge in [0.05, 0.1) is 10.9 Å². The van der Waals surface area contributed by atoms with Crippen LogP contribution in [-0.2, 0) is 10.0 Å². The van der Waals surface area contributed by atoms with Crippen LogP contribution in [0, 0.1) is 12.7 Å². The number of halogens is 1. The van der Waals surface area contributed by atoms with E-state index in [9.17, 15) is 12.8 Å². The summed E-state index contributed by atoms with van der Waals surface area (Å²) in [5.74, 6) is -0.458. The van der Waals surface area contributed by atoms with Gasteiger partial charge in [-0.1, -0.05) is 13.0 Å². The van der Waals surface area contributed by atoms with Gasteiger partial charge in [-0.3, -0.25) is 4.72 Å². The summed E-state index contributed by atoms with van der Waals surface area (Å²) in [4.78, 5) is 0. The Labute approximate surface area is 114 Å². The summed E-state index contributed by atoms with van der Waals surface area (Å²) in [5.41, 5.74) is 0.987. The van der Waals surface area contributed by atoms with Crippen LogP contribution in [0.1, 0.15) is 25.8 Å². The first-order valence-corrected chi connectivity index (χ1v) is 7.90. The summed E-state index contributed by atoms with van der Waals surface area (Å²) in [5, 5.41) is 2.48. The Balaban J connectivity index is 2.75. The molecule has 0 amide bonds. The van der Waals surface area contributed by atoms with Crippen LogP contribution in [0.3, 0.4) is 0 Å². The van der Waals surface area contributed by atoms with E-state index < -0.39 is 21.1 Å². The Bertz CT molecular complexity index is 517. The monoisotopic (exact) mass is 288 g/mol. The number of anilines is 1. The van der Waals surface area contributed by atoms with Gasteiger partial charge in [0.2, 0.25) is 10.0 Å². The highest BCUT2D eigenvalue weighted by atomic mass is 32.2. The molecule has 0 aromatic heterocycles. The molecule has 6 heteroatoms. The average Bonchev–Trinajstić information content (AvgIpc) is 2.33. The van der Waals surface area contributed by atoms with E-state index in [-0.39, 0.29) is 0 Å². The number of hydrogen-bond donors (Lipinski definition) is 2. The van der Waals surface area contributed by atoms with Gasteiger partial charge in [-0.25, -0.2) is 12.8 Å². The molecule has 0 fully saturated rings. The number of sulfonamides is 1. The van der Waals surface area contributed by atoms with Gasteiger partial charge >= 0.3 is 0 Å². The minimum atomic E-state index is -3.51. The Morgan fingerprint density at radius 2 is 2.05 bits per heavy atom. The molecule has 108 valence electrons. The summed E-state index contributed by atoms with van der Waals surface area (Å²) < 4.78 is 39.7. The Kier molecular flexibility index (Phi) is 5.75. The summed E-state index contributed by atoms with van der Waals surface area (Å²) in [7, 11) is -3.51. The predicted octanol–water partition coefficient (Wildman–Crippen LogP) is 2.26. The molecule has 1 aromatic rings. The summed E-state index contributed by atoms with van der Waals surface area (Å²) in [6.07, 6.45) is 0.948. The molecule has 0 saturated carbocycles. The molecule has 1 unspecified atom stereocenters. The Morgan fingerprint density at radius 3 is 2.68 bits per heavy atom. The summed E-state index contributed by atoms with van der Waals surface area (Å²) >= 11 is 0. The highest BCUT2D eigenvalue weighted by molar-refractivity contribution is 7.93. The zero-order valence-electron chi connectivity index (χ0n) is 11.5. The minimum Gasteiger partial charge on any atom is -0.315 e. The number of hydrogen-bond acceptors (Lipinski definition) is 3. The SMILES string of the molecule is CCCNCC(C)S(=O)(=O)Nc1cc(F)ccc1C. The van der Waals surface area contributed by atoms with Crippen molar-refractivity contribution in [3.8, 4) is 0 Å². The molecule has 0 aliphatic rings. The van der Waals surface area contributed by atoms with Crippen molar-refractivity contribution >= 4 is 15.7 Å². The van der Waals surface area contributed by atoms with E-state index in [4.69, 9.17) is 0 Å². The van der Waals surface area contributed by atoms with Crippen molar-refractivity contribution in [2.45, 2.75) is 32.4 Å². The van der Waals surface area contributed by atoms with Crippen molar-refractivity contribution in [3.05, 3.63) is 29.6 Å². The molecular formula is C13H21FN2O2S. The number of rotatable bonds is 7. The molecule has 1 atom stereocenters. The van der Waals surface area contributed by atoms with Crippen LogP contribution in [0.15, 0.2) is 18.2 Å². The molecule has 1 rings (SSSR count). The van der Waals surface area contributed by atoms with Gasteiger partial charge in [0.1, 0.15) is 5.82 Å². The standard InChI is InChI=1S/C13H21FN2O2S/c1-4-7-15-9-11(3)19(17,18)16-13-8-12(14)6-5-10(13)2/h5-6,8,11,15-16H,4,7,9H2,1-3H3. The molecule has 0 spiro atoms. The average molecular weight is 288 g/mol. The summed E-state index contributed by atoms with van der Waals surface area (Å²) in [6.45, 7) is 6.52. The van der Waals surface area contributed by atoms with E-state index >= 15 is 0 Å². The second-order valence-electron chi connectivity index (χ2n) is 4.62. The second-order valence-corrected chi connectivity index (χ2v) is 6.72. The molecule has 0 heterocycles. The lowest BCUT2D eigenvalue weighted by atomic mass is 10.2. The lowest BCUT2D eigenvalue weighted by Crippen LogP contribution is -2.35. The van der Waals surface area contributed by atoms with E-state index in [2.05, 4.69) is 10.0 Å². The third-order valence-corrected chi connectivity index (χ3v) is 4.57. The van der Waals surface area contributed by atoms with Crippen molar-refractivity contribution < 1.29 is 12.8 Å². The molecule has 1 aromatic carbocycles. The van der Waals surface area contributed by atoms with Crippen LogP contribution >= 0.6 is 0 Å². The fourth-order valence-corrected chi connectivity index (χ4v) is 2.61. The van der Waals surface area contributed by atoms with Crippen LogP contribution in [0.25, 0.3) is 0 Å². The molecule has 0 saturated heterocycles. The largest absolute Gasteiger partial charge is 0.315 e. The van der Waals surface area contributed by atoms with E-state index in [0.717, 1.165) is 13.0 Å². The van der Waals surface area contributed by atoms with E-state index in [0.29, 0.717) is 17.8 Å². The maximum absolute atomic E-state index is 13.1. The minimum absolute atomic E-state index is 0.294. The van der Waals surface area contributed by atoms with Crippen molar-refractivity contribution in [2.75, 3.05) is 17.8 Å². The molecule has 19 heavy (non-hydrogen) atoms.